The Hall–Kier alpha value is -4.43. The number of thiazole rings is 1. The number of allylic oxidation sites excluding steroid dienone is 1. The minimum atomic E-state index is -0.636. The summed E-state index contributed by atoms with van der Waals surface area (Å²) in [6.07, 6.45) is 1.82. The van der Waals surface area contributed by atoms with Gasteiger partial charge in [-0.15, -0.1) is 0 Å². The van der Waals surface area contributed by atoms with Crippen LogP contribution in [-0.4, -0.2) is 24.3 Å². The second-order valence-corrected chi connectivity index (χ2v) is 10.4. The summed E-state index contributed by atoms with van der Waals surface area (Å²) in [5.41, 5.74) is 4.48. The molecule has 1 aliphatic rings. The molecule has 0 bridgehead atoms. The summed E-state index contributed by atoms with van der Waals surface area (Å²) in [4.78, 5) is 31.7. The molecule has 5 rings (SSSR count). The SMILES string of the molecule is CCOc1cc(C=c2sc3n(c2=O)C(c2ccccc2)C(C(=O)OC)=C(C)N=3)ccc1OCc1cccc(C)c1. The number of rotatable bonds is 8. The summed E-state index contributed by atoms with van der Waals surface area (Å²) in [7, 11) is 1.33. The molecule has 0 saturated heterocycles. The van der Waals surface area contributed by atoms with E-state index in [1.807, 2.05) is 86.7 Å². The maximum atomic E-state index is 13.8. The second kappa shape index (κ2) is 11.8. The zero-order valence-electron chi connectivity index (χ0n) is 22.8. The minimum Gasteiger partial charge on any atom is -0.490 e. The summed E-state index contributed by atoms with van der Waals surface area (Å²) in [6, 6.07) is 22.6. The van der Waals surface area contributed by atoms with Crippen molar-refractivity contribution >= 4 is 23.4 Å². The van der Waals surface area contributed by atoms with Crippen LogP contribution in [0.1, 0.15) is 42.1 Å². The molecular formula is C32H30N2O5S. The van der Waals surface area contributed by atoms with E-state index in [0.29, 0.717) is 45.3 Å². The van der Waals surface area contributed by atoms with Crippen molar-refractivity contribution in [3.63, 3.8) is 0 Å². The Bertz CT molecular complexity index is 1770. The first kappa shape index (κ1) is 27.1. The van der Waals surface area contributed by atoms with E-state index in [9.17, 15) is 9.59 Å². The Morgan fingerprint density at radius 1 is 1.00 bits per heavy atom. The lowest BCUT2D eigenvalue weighted by Crippen LogP contribution is -2.39. The van der Waals surface area contributed by atoms with Gasteiger partial charge in [-0.25, -0.2) is 9.79 Å². The molecule has 1 unspecified atom stereocenters. The smallest absolute Gasteiger partial charge is 0.338 e. The van der Waals surface area contributed by atoms with Crippen LogP contribution in [0.25, 0.3) is 6.08 Å². The molecule has 0 spiro atoms. The number of esters is 1. The number of nitrogens with zero attached hydrogens (tertiary/aromatic N) is 2. The van der Waals surface area contributed by atoms with Crippen molar-refractivity contribution in [3.8, 4) is 11.5 Å². The van der Waals surface area contributed by atoms with Crippen LogP contribution in [0, 0.1) is 6.92 Å². The molecule has 0 amide bonds. The average molecular weight is 555 g/mol. The highest BCUT2D eigenvalue weighted by molar-refractivity contribution is 7.07. The highest BCUT2D eigenvalue weighted by Crippen LogP contribution is 2.31. The lowest BCUT2D eigenvalue weighted by molar-refractivity contribution is -0.136. The van der Waals surface area contributed by atoms with Crippen molar-refractivity contribution in [1.29, 1.82) is 0 Å². The summed E-state index contributed by atoms with van der Waals surface area (Å²) < 4.78 is 19.1. The molecule has 204 valence electrons. The fourth-order valence-electron chi connectivity index (χ4n) is 4.76. The highest BCUT2D eigenvalue weighted by Gasteiger charge is 2.32. The highest BCUT2D eigenvalue weighted by atomic mass is 32.1. The van der Waals surface area contributed by atoms with Crippen molar-refractivity contribution in [2.75, 3.05) is 13.7 Å². The first-order chi connectivity index (χ1) is 19.4. The number of benzene rings is 3. The first-order valence-corrected chi connectivity index (χ1v) is 13.8. The number of aryl methyl sites for hydroxylation is 1. The van der Waals surface area contributed by atoms with E-state index in [0.717, 1.165) is 16.7 Å². The Labute approximate surface area is 236 Å². The van der Waals surface area contributed by atoms with Crippen LogP contribution in [0.5, 0.6) is 11.5 Å². The zero-order valence-corrected chi connectivity index (χ0v) is 23.7. The summed E-state index contributed by atoms with van der Waals surface area (Å²) in [5.74, 6) is 0.721. The van der Waals surface area contributed by atoms with Gasteiger partial charge in [0.05, 0.1) is 35.6 Å². The largest absolute Gasteiger partial charge is 0.490 e. The molecule has 4 aromatic rings. The number of fused-ring (bicyclic) bond motifs is 1. The lowest BCUT2D eigenvalue weighted by Gasteiger charge is -2.24. The Kier molecular flexibility index (Phi) is 7.98. The van der Waals surface area contributed by atoms with Gasteiger partial charge in [-0.2, -0.15) is 0 Å². The molecule has 0 N–H and O–H groups in total. The normalized spacial score (nSPS) is 14.9. The van der Waals surface area contributed by atoms with E-state index >= 15 is 0 Å². The molecule has 0 fully saturated rings. The van der Waals surface area contributed by atoms with Crippen molar-refractivity contribution in [2.45, 2.75) is 33.4 Å². The molecule has 8 heteroatoms. The van der Waals surface area contributed by atoms with E-state index in [2.05, 4.69) is 11.1 Å². The van der Waals surface area contributed by atoms with Crippen LogP contribution in [0.4, 0.5) is 0 Å². The monoisotopic (exact) mass is 554 g/mol. The van der Waals surface area contributed by atoms with Crippen molar-refractivity contribution in [2.24, 2.45) is 4.99 Å². The quantitative estimate of drug-likeness (QED) is 0.295. The maximum absolute atomic E-state index is 13.8. The Balaban J connectivity index is 1.54. The topological polar surface area (TPSA) is 79.1 Å². The van der Waals surface area contributed by atoms with Gasteiger partial charge in [-0.05, 0) is 55.7 Å². The van der Waals surface area contributed by atoms with Gasteiger partial charge in [0, 0.05) is 0 Å². The van der Waals surface area contributed by atoms with Gasteiger partial charge in [0.15, 0.2) is 16.3 Å². The van der Waals surface area contributed by atoms with E-state index in [1.54, 1.807) is 11.5 Å². The van der Waals surface area contributed by atoms with Crippen LogP contribution in [0.3, 0.4) is 0 Å². The number of carbonyl (C=O) groups is 1. The molecule has 1 atom stereocenters. The van der Waals surface area contributed by atoms with Gasteiger partial charge in [0.1, 0.15) is 6.61 Å². The zero-order chi connectivity index (χ0) is 28.2. The van der Waals surface area contributed by atoms with Crippen LogP contribution in [0.15, 0.2) is 93.9 Å². The molecule has 40 heavy (non-hydrogen) atoms. The van der Waals surface area contributed by atoms with Crippen LogP contribution in [0.2, 0.25) is 0 Å². The van der Waals surface area contributed by atoms with Gasteiger partial charge in [-0.1, -0.05) is 77.6 Å². The van der Waals surface area contributed by atoms with Gasteiger partial charge >= 0.3 is 5.97 Å². The summed E-state index contributed by atoms with van der Waals surface area (Å²) >= 11 is 1.28. The molecule has 1 aliphatic heterocycles. The van der Waals surface area contributed by atoms with Gasteiger partial charge in [0.2, 0.25) is 0 Å². The molecule has 1 aromatic heterocycles. The third-order valence-electron chi connectivity index (χ3n) is 6.58. The Morgan fingerprint density at radius 2 is 1.80 bits per heavy atom. The number of methoxy groups -OCH3 is 1. The number of carbonyl (C=O) groups excluding carboxylic acids is 1. The van der Waals surface area contributed by atoms with Crippen molar-refractivity contribution < 1.29 is 19.0 Å². The van der Waals surface area contributed by atoms with Crippen LogP contribution in [-0.2, 0) is 16.1 Å². The number of ether oxygens (including phenoxy) is 3. The van der Waals surface area contributed by atoms with Crippen LogP contribution >= 0.6 is 11.3 Å². The first-order valence-electron chi connectivity index (χ1n) is 13.0. The van der Waals surface area contributed by atoms with Crippen molar-refractivity contribution in [3.05, 3.63) is 126 Å². The van der Waals surface area contributed by atoms with Gasteiger partial charge in [0.25, 0.3) is 5.56 Å². The minimum absolute atomic E-state index is 0.232. The molecule has 0 aliphatic carbocycles. The molecule has 7 nitrogen and oxygen atoms in total. The summed E-state index contributed by atoms with van der Waals surface area (Å²) in [5, 5.41) is 0. The van der Waals surface area contributed by atoms with Crippen LogP contribution < -0.4 is 24.4 Å². The predicted molar refractivity (Wildman–Crippen MR) is 155 cm³/mol. The predicted octanol–water partition coefficient (Wildman–Crippen LogP) is 4.69. The third kappa shape index (κ3) is 5.49. The van der Waals surface area contributed by atoms with Gasteiger partial charge in [-0.3, -0.25) is 9.36 Å². The average Bonchev–Trinajstić information content (AvgIpc) is 3.26. The fraction of sp³-hybridized carbons (Fsp3) is 0.219. The maximum Gasteiger partial charge on any atom is 0.338 e. The summed E-state index contributed by atoms with van der Waals surface area (Å²) in [6.45, 7) is 6.62. The molecule has 2 heterocycles. The number of hydrogen-bond acceptors (Lipinski definition) is 7. The fourth-order valence-corrected chi connectivity index (χ4v) is 5.81. The lowest BCUT2D eigenvalue weighted by atomic mass is 9.96. The molecule has 3 aromatic carbocycles. The van der Waals surface area contributed by atoms with Crippen molar-refractivity contribution in [1.82, 2.24) is 4.57 Å². The molecule has 0 saturated carbocycles. The number of hydrogen-bond donors (Lipinski definition) is 0. The number of aromatic nitrogens is 1. The van der Waals surface area contributed by atoms with Gasteiger partial charge < -0.3 is 14.2 Å². The molecule has 0 radical (unpaired) electrons. The third-order valence-corrected chi connectivity index (χ3v) is 7.57. The van der Waals surface area contributed by atoms with E-state index < -0.39 is 12.0 Å². The van der Waals surface area contributed by atoms with E-state index in [1.165, 1.54) is 24.0 Å². The standard InChI is InChI=1S/C32H30N2O5S/c1-5-38-26-17-22(14-15-25(26)39-19-23-11-9-10-20(2)16-23)18-27-30(35)34-29(24-12-7-6-8-13-24)28(31(36)37-4)21(3)33-32(34)40-27/h6-18,29H,5,19H2,1-4H3. The van der Waals surface area contributed by atoms with E-state index in [4.69, 9.17) is 14.2 Å². The second-order valence-electron chi connectivity index (χ2n) is 9.40. The van der Waals surface area contributed by atoms with E-state index in [-0.39, 0.29) is 5.56 Å². The Morgan fingerprint density at radius 3 is 2.52 bits per heavy atom. The molecular weight excluding hydrogens is 524 g/mol.